The number of rotatable bonds is 6. The van der Waals surface area contributed by atoms with Crippen molar-refractivity contribution in [3.8, 4) is 5.75 Å². The van der Waals surface area contributed by atoms with Gasteiger partial charge in [-0.15, -0.1) is 0 Å². The number of halogens is 1. The maximum absolute atomic E-state index is 12.3. The lowest BCUT2D eigenvalue weighted by molar-refractivity contribution is -0.112. The van der Waals surface area contributed by atoms with Crippen LogP contribution in [0.5, 0.6) is 5.75 Å². The highest BCUT2D eigenvalue weighted by Crippen LogP contribution is 2.24. The lowest BCUT2D eigenvalue weighted by Crippen LogP contribution is -2.11. The molecule has 0 aliphatic heterocycles. The van der Waals surface area contributed by atoms with Gasteiger partial charge < -0.3 is 10.1 Å². The van der Waals surface area contributed by atoms with E-state index in [1.165, 1.54) is 6.08 Å². The molecule has 2 rings (SSSR count). The second-order valence-electron chi connectivity index (χ2n) is 5.40. The number of methoxy groups -OCH3 is 1. The SMILES string of the molecule is C=C(C)C(=O)Nc1ccc(C(=O)/C=C/c2cc(Cl)ccc2OC)cc1. The molecular weight excluding hydrogens is 338 g/mol. The summed E-state index contributed by atoms with van der Waals surface area (Å²) in [7, 11) is 1.56. The Morgan fingerprint density at radius 1 is 1.16 bits per heavy atom. The van der Waals surface area contributed by atoms with E-state index in [1.807, 2.05) is 0 Å². The smallest absolute Gasteiger partial charge is 0.250 e. The van der Waals surface area contributed by atoms with Gasteiger partial charge in [0.1, 0.15) is 5.75 Å². The Bertz CT molecular complexity index is 839. The van der Waals surface area contributed by atoms with Crippen molar-refractivity contribution >= 4 is 35.1 Å². The second-order valence-corrected chi connectivity index (χ2v) is 5.83. The first-order valence-corrected chi connectivity index (χ1v) is 7.91. The number of nitrogens with one attached hydrogen (secondary N) is 1. The predicted molar refractivity (Wildman–Crippen MR) is 101 cm³/mol. The number of ketones is 1. The number of hydrogen-bond acceptors (Lipinski definition) is 3. The molecule has 0 saturated carbocycles. The summed E-state index contributed by atoms with van der Waals surface area (Å²) in [5.41, 5.74) is 2.24. The Labute approximate surface area is 151 Å². The minimum atomic E-state index is -0.257. The van der Waals surface area contributed by atoms with Crippen LogP contribution in [0, 0.1) is 0 Å². The molecule has 0 saturated heterocycles. The third-order valence-corrected chi connectivity index (χ3v) is 3.66. The molecule has 128 valence electrons. The lowest BCUT2D eigenvalue weighted by atomic mass is 10.1. The van der Waals surface area contributed by atoms with Gasteiger partial charge in [0, 0.05) is 27.4 Å². The van der Waals surface area contributed by atoms with Crippen molar-refractivity contribution in [1.82, 2.24) is 0 Å². The van der Waals surface area contributed by atoms with Gasteiger partial charge in [-0.3, -0.25) is 9.59 Å². The fourth-order valence-corrected chi connectivity index (χ4v) is 2.23. The van der Waals surface area contributed by atoms with Crippen LogP contribution < -0.4 is 10.1 Å². The lowest BCUT2D eigenvalue weighted by Gasteiger charge is -2.06. The molecule has 0 atom stereocenters. The van der Waals surface area contributed by atoms with Crippen LogP contribution >= 0.6 is 11.6 Å². The van der Waals surface area contributed by atoms with Crippen molar-refractivity contribution in [2.45, 2.75) is 6.92 Å². The molecule has 0 aliphatic rings. The first-order chi connectivity index (χ1) is 11.9. The molecule has 0 bridgehead atoms. The van der Waals surface area contributed by atoms with Gasteiger partial charge in [0.25, 0.3) is 5.91 Å². The summed E-state index contributed by atoms with van der Waals surface area (Å²) < 4.78 is 5.24. The number of amides is 1. The summed E-state index contributed by atoms with van der Waals surface area (Å²) >= 11 is 5.97. The summed E-state index contributed by atoms with van der Waals surface area (Å²) in [4.78, 5) is 23.8. The molecule has 5 heteroatoms. The van der Waals surface area contributed by atoms with E-state index in [-0.39, 0.29) is 11.7 Å². The van der Waals surface area contributed by atoms with Crippen LogP contribution in [0.1, 0.15) is 22.8 Å². The molecule has 4 nitrogen and oxygen atoms in total. The molecule has 1 N–H and O–H groups in total. The zero-order valence-electron chi connectivity index (χ0n) is 14.0. The van der Waals surface area contributed by atoms with E-state index in [1.54, 1.807) is 62.6 Å². The van der Waals surface area contributed by atoms with E-state index in [2.05, 4.69) is 11.9 Å². The fourth-order valence-electron chi connectivity index (χ4n) is 2.05. The first kappa shape index (κ1) is 18.5. The van der Waals surface area contributed by atoms with Gasteiger partial charge in [-0.05, 0) is 61.5 Å². The maximum Gasteiger partial charge on any atom is 0.250 e. The molecule has 2 aromatic rings. The zero-order valence-corrected chi connectivity index (χ0v) is 14.8. The molecule has 0 radical (unpaired) electrons. The summed E-state index contributed by atoms with van der Waals surface area (Å²) in [6, 6.07) is 11.8. The number of allylic oxidation sites excluding steroid dienone is 1. The van der Waals surface area contributed by atoms with Crippen LogP contribution in [0.15, 0.2) is 60.7 Å². The monoisotopic (exact) mass is 355 g/mol. The Kier molecular flexibility index (Phi) is 6.14. The third-order valence-electron chi connectivity index (χ3n) is 3.42. The molecule has 25 heavy (non-hydrogen) atoms. The minimum Gasteiger partial charge on any atom is -0.496 e. The van der Waals surface area contributed by atoms with E-state index in [4.69, 9.17) is 16.3 Å². The van der Waals surface area contributed by atoms with E-state index >= 15 is 0 Å². The Hall–Kier alpha value is -2.85. The Morgan fingerprint density at radius 3 is 2.44 bits per heavy atom. The molecule has 0 aromatic heterocycles. The van der Waals surface area contributed by atoms with Gasteiger partial charge in [0.15, 0.2) is 5.78 Å². The van der Waals surface area contributed by atoms with Crippen molar-refractivity contribution in [3.05, 3.63) is 76.8 Å². The topological polar surface area (TPSA) is 55.4 Å². The molecule has 0 heterocycles. The van der Waals surface area contributed by atoms with Crippen molar-refractivity contribution in [3.63, 3.8) is 0 Å². The van der Waals surface area contributed by atoms with Gasteiger partial charge in [0.05, 0.1) is 7.11 Å². The quantitative estimate of drug-likeness (QED) is 0.600. The van der Waals surface area contributed by atoms with E-state index in [0.717, 1.165) is 0 Å². The highest BCUT2D eigenvalue weighted by atomic mass is 35.5. The molecule has 1 amide bonds. The van der Waals surface area contributed by atoms with Crippen LogP contribution in [-0.2, 0) is 4.79 Å². The standard InChI is InChI=1S/C20H18ClNO3/c1-13(2)20(24)22-17-8-4-14(5-9-17)18(23)10-6-15-12-16(21)7-11-19(15)25-3/h4-12H,1H2,2-3H3,(H,22,24)/b10-6+. The van der Waals surface area contributed by atoms with Crippen LogP contribution in [0.25, 0.3) is 6.08 Å². The highest BCUT2D eigenvalue weighted by Gasteiger charge is 2.06. The van der Waals surface area contributed by atoms with E-state index in [9.17, 15) is 9.59 Å². The number of benzene rings is 2. The molecule has 2 aromatic carbocycles. The summed E-state index contributed by atoms with van der Waals surface area (Å²) in [5, 5.41) is 3.25. The zero-order chi connectivity index (χ0) is 18.4. The summed E-state index contributed by atoms with van der Waals surface area (Å²) in [6.07, 6.45) is 3.11. The van der Waals surface area contributed by atoms with Gasteiger partial charge >= 0.3 is 0 Å². The maximum atomic E-state index is 12.3. The Morgan fingerprint density at radius 2 is 1.84 bits per heavy atom. The summed E-state index contributed by atoms with van der Waals surface area (Å²) in [6.45, 7) is 5.20. The minimum absolute atomic E-state index is 0.167. The molecular formula is C20H18ClNO3. The third kappa shape index (κ3) is 5.06. The predicted octanol–water partition coefficient (Wildman–Crippen LogP) is 4.76. The van der Waals surface area contributed by atoms with Crippen molar-refractivity contribution in [1.29, 1.82) is 0 Å². The fraction of sp³-hybridized carbons (Fsp3) is 0.100. The number of carbonyl (C=O) groups is 2. The van der Waals surface area contributed by atoms with Crippen molar-refractivity contribution < 1.29 is 14.3 Å². The number of anilines is 1. The number of ether oxygens (including phenoxy) is 1. The van der Waals surface area contributed by atoms with Gasteiger partial charge in [-0.1, -0.05) is 18.2 Å². The van der Waals surface area contributed by atoms with Crippen LogP contribution in [-0.4, -0.2) is 18.8 Å². The normalized spacial score (nSPS) is 10.5. The van der Waals surface area contributed by atoms with Crippen LogP contribution in [0.4, 0.5) is 5.69 Å². The average Bonchev–Trinajstić information content (AvgIpc) is 2.60. The van der Waals surface area contributed by atoms with Gasteiger partial charge in [-0.25, -0.2) is 0 Å². The van der Waals surface area contributed by atoms with E-state index < -0.39 is 0 Å². The number of carbonyl (C=O) groups excluding carboxylic acids is 2. The molecule has 0 fully saturated rings. The molecule has 0 spiro atoms. The highest BCUT2D eigenvalue weighted by molar-refractivity contribution is 6.30. The van der Waals surface area contributed by atoms with Crippen LogP contribution in [0.3, 0.4) is 0 Å². The van der Waals surface area contributed by atoms with Crippen molar-refractivity contribution in [2.24, 2.45) is 0 Å². The molecule has 0 aliphatic carbocycles. The van der Waals surface area contributed by atoms with E-state index in [0.29, 0.717) is 33.2 Å². The second kappa shape index (κ2) is 8.31. The summed E-state index contributed by atoms with van der Waals surface area (Å²) in [5.74, 6) is 0.207. The van der Waals surface area contributed by atoms with Gasteiger partial charge in [0.2, 0.25) is 0 Å². The van der Waals surface area contributed by atoms with Crippen molar-refractivity contribution in [2.75, 3.05) is 12.4 Å². The average molecular weight is 356 g/mol. The van der Waals surface area contributed by atoms with Gasteiger partial charge in [-0.2, -0.15) is 0 Å². The van der Waals surface area contributed by atoms with Crippen LogP contribution in [0.2, 0.25) is 5.02 Å². The largest absolute Gasteiger partial charge is 0.496 e. The first-order valence-electron chi connectivity index (χ1n) is 7.53. The Balaban J connectivity index is 2.12. The number of hydrogen-bond donors (Lipinski definition) is 1. The molecule has 0 unspecified atom stereocenters.